The van der Waals surface area contributed by atoms with Gasteiger partial charge in [-0.05, 0) is 35.0 Å². The Bertz CT molecular complexity index is 423. The lowest BCUT2D eigenvalue weighted by atomic mass is 10.0. The number of aliphatic carboxylic acids is 1. The van der Waals surface area contributed by atoms with E-state index in [2.05, 4.69) is 31.9 Å². The summed E-state index contributed by atoms with van der Waals surface area (Å²) in [6.45, 7) is 2.36. The van der Waals surface area contributed by atoms with Crippen molar-refractivity contribution in [3.8, 4) is 5.75 Å². The van der Waals surface area contributed by atoms with Crippen molar-refractivity contribution in [1.29, 1.82) is 0 Å². The number of carboxylic acid groups (broad SMARTS) is 1. The zero-order chi connectivity index (χ0) is 13.0. The predicted molar refractivity (Wildman–Crippen MR) is 72.2 cm³/mol. The summed E-state index contributed by atoms with van der Waals surface area (Å²) < 4.78 is 7.06. The van der Waals surface area contributed by atoms with Crippen molar-refractivity contribution in [3.63, 3.8) is 0 Å². The molecule has 94 valence electrons. The third kappa shape index (κ3) is 3.97. The minimum absolute atomic E-state index is 0.136. The average Bonchev–Trinajstić information content (AvgIpc) is 2.20. The van der Waals surface area contributed by atoms with Gasteiger partial charge in [-0.2, -0.15) is 0 Å². The van der Waals surface area contributed by atoms with Crippen LogP contribution in [0.4, 0.5) is 0 Å². The van der Waals surface area contributed by atoms with Gasteiger partial charge in [-0.25, -0.2) is 0 Å². The van der Waals surface area contributed by atoms with E-state index in [1.807, 2.05) is 13.0 Å². The molecule has 1 unspecified atom stereocenters. The van der Waals surface area contributed by atoms with E-state index in [0.29, 0.717) is 17.9 Å². The fourth-order valence-corrected chi connectivity index (χ4v) is 2.82. The Balaban J connectivity index is 3.14. The average molecular weight is 367 g/mol. The van der Waals surface area contributed by atoms with Gasteiger partial charge in [0, 0.05) is 16.1 Å². The largest absolute Gasteiger partial charge is 0.492 e. The molecule has 0 saturated carbocycles. The maximum atomic E-state index is 10.7. The summed E-state index contributed by atoms with van der Waals surface area (Å²) in [5, 5.41) is 8.76. The van der Waals surface area contributed by atoms with Crippen molar-refractivity contribution in [1.82, 2.24) is 0 Å². The first kappa shape index (κ1) is 14.5. The van der Waals surface area contributed by atoms with Crippen LogP contribution in [0.15, 0.2) is 21.1 Å². The second kappa shape index (κ2) is 6.37. The molecule has 4 nitrogen and oxygen atoms in total. The summed E-state index contributed by atoms with van der Waals surface area (Å²) in [6.07, 6.45) is -0.136. The molecule has 6 heteroatoms. The van der Waals surface area contributed by atoms with Gasteiger partial charge < -0.3 is 15.6 Å². The van der Waals surface area contributed by atoms with E-state index in [1.165, 1.54) is 0 Å². The number of nitrogens with two attached hydrogens (primary N) is 1. The standard InChI is InChI=1S/C11H13Br2NO3/c1-2-17-11-7(9(14)5-10(15)16)3-6(12)4-8(11)13/h3-4,9H,2,5,14H2,1H3,(H,15,16). The summed E-state index contributed by atoms with van der Waals surface area (Å²) in [5.41, 5.74) is 6.54. The molecule has 0 radical (unpaired) electrons. The number of hydrogen-bond donors (Lipinski definition) is 2. The SMILES string of the molecule is CCOc1c(Br)cc(Br)cc1C(N)CC(=O)O. The smallest absolute Gasteiger partial charge is 0.305 e. The summed E-state index contributed by atoms with van der Waals surface area (Å²) in [4.78, 5) is 10.7. The highest BCUT2D eigenvalue weighted by Crippen LogP contribution is 2.36. The van der Waals surface area contributed by atoms with Crippen molar-refractivity contribution in [3.05, 3.63) is 26.6 Å². The predicted octanol–water partition coefficient (Wildman–Crippen LogP) is 3.08. The summed E-state index contributed by atoms with van der Waals surface area (Å²) >= 11 is 6.72. The first-order valence-corrected chi connectivity index (χ1v) is 6.63. The fraction of sp³-hybridized carbons (Fsp3) is 0.364. The van der Waals surface area contributed by atoms with Crippen molar-refractivity contribution in [2.24, 2.45) is 5.73 Å². The number of halogens is 2. The zero-order valence-electron chi connectivity index (χ0n) is 9.24. The van der Waals surface area contributed by atoms with Gasteiger partial charge in [-0.3, -0.25) is 4.79 Å². The highest BCUT2D eigenvalue weighted by molar-refractivity contribution is 9.11. The molecule has 1 aromatic carbocycles. The molecule has 0 aromatic heterocycles. The number of hydrogen-bond acceptors (Lipinski definition) is 3. The minimum Gasteiger partial charge on any atom is -0.492 e. The lowest BCUT2D eigenvalue weighted by Crippen LogP contribution is -2.16. The van der Waals surface area contributed by atoms with E-state index < -0.39 is 12.0 Å². The van der Waals surface area contributed by atoms with Crippen LogP contribution < -0.4 is 10.5 Å². The van der Waals surface area contributed by atoms with Gasteiger partial charge in [0.1, 0.15) is 5.75 Å². The van der Waals surface area contributed by atoms with Crippen molar-refractivity contribution in [2.75, 3.05) is 6.61 Å². The van der Waals surface area contributed by atoms with Crippen LogP contribution in [-0.2, 0) is 4.79 Å². The Labute approximate surface area is 116 Å². The van der Waals surface area contributed by atoms with Gasteiger partial charge >= 0.3 is 5.97 Å². The molecule has 1 rings (SSSR count). The molecule has 0 aliphatic heterocycles. The Morgan fingerprint density at radius 3 is 2.71 bits per heavy atom. The van der Waals surface area contributed by atoms with Crippen molar-refractivity contribution < 1.29 is 14.6 Å². The number of carbonyl (C=O) groups is 1. The third-order valence-electron chi connectivity index (χ3n) is 2.12. The zero-order valence-corrected chi connectivity index (χ0v) is 12.4. The number of rotatable bonds is 5. The van der Waals surface area contributed by atoms with E-state index >= 15 is 0 Å². The summed E-state index contributed by atoms with van der Waals surface area (Å²) in [6, 6.07) is 3.02. The molecular weight excluding hydrogens is 354 g/mol. The maximum absolute atomic E-state index is 10.7. The van der Waals surface area contributed by atoms with Crippen LogP contribution in [-0.4, -0.2) is 17.7 Å². The van der Waals surface area contributed by atoms with Crippen LogP contribution in [0.5, 0.6) is 5.75 Å². The van der Waals surface area contributed by atoms with Crippen LogP contribution in [0, 0.1) is 0 Å². The normalized spacial score (nSPS) is 12.2. The number of ether oxygens (including phenoxy) is 1. The second-order valence-corrected chi connectivity index (χ2v) is 5.21. The molecule has 0 saturated heterocycles. The van der Waals surface area contributed by atoms with E-state index in [-0.39, 0.29) is 6.42 Å². The molecule has 0 heterocycles. The molecule has 0 aliphatic rings. The monoisotopic (exact) mass is 365 g/mol. The van der Waals surface area contributed by atoms with Crippen LogP contribution in [0.1, 0.15) is 24.9 Å². The molecule has 0 aliphatic carbocycles. The maximum Gasteiger partial charge on any atom is 0.305 e. The molecule has 0 fully saturated rings. The summed E-state index contributed by atoms with van der Waals surface area (Å²) in [7, 11) is 0. The van der Waals surface area contributed by atoms with E-state index in [1.54, 1.807) is 6.07 Å². The van der Waals surface area contributed by atoms with Gasteiger partial charge in [0.05, 0.1) is 17.5 Å². The van der Waals surface area contributed by atoms with E-state index in [4.69, 9.17) is 15.6 Å². The number of carboxylic acids is 1. The third-order valence-corrected chi connectivity index (χ3v) is 3.17. The molecule has 1 aromatic rings. The Kier molecular flexibility index (Phi) is 5.42. The van der Waals surface area contributed by atoms with Gasteiger partial charge in [-0.1, -0.05) is 15.9 Å². The molecule has 17 heavy (non-hydrogen) atoms. The van der Waals surface area contributed by atoms with Crippen molar-refractivity contribution >= 4 is 37.8 Å². The van der Waals surface area contributed by atoms with Gasteiger partial charge in [0.2, 0.25) is 0 Å². The molecule has 0 amide bonds. The first-order chi connectivity index (χ1) is 7.95. The number of benzene rings is 1. The minimum atomic E-state index is -0.934. The molecule has 1 atom stereocenters. The fourth-order valence-electron chi connectivity index (χ4n) is 1.45. The topological polar surface area (TPSA) is 72.5 Å². The Morgan fingerprint density at radius 1 is 1.53 bits per heavy atom. The summed E-state index contributed by atoms with van der Waals surface area (Å²) in [5.74, 6) is -0.333. The molecular formula is C11H13Br2NO3. The van der Waals surface area contributed by atoms with Crippen LogP contribution >= 0.6 is 31.9 Å². The Morgan fingerprint density at radius 2 is 2.18 bits per heavy atom. The lowest BCUT2D eigenvalue weighted by Gasteiger charge is -2.17. The van der Waals surface area contributed by atoms with Crippen LogP contribution in [0.2, 0.25) is 0 Å². The lowest BCUT2D eigenvalue weighted by molar-refractivity contribution is -0.137. The molecule has 3 N–H and O–H groups in total. The van der Waals surface area contributed by atoms with Gasteiger partial charge in [-0.15, -0.1) is 0 Å². The van der Waals surface area contributed by atoms with E-state index in [0.717, 1.165) is 8.95 Å². The van der Waals surface area contributed by atoms with Crippen molar-refractivity contribution in [2.45, 2.75) is 19.4 Å². The second-order valence-electron chi connectivity index (χ2n) is 3.44. The highest BCUT2D eigenvalue weighted by atomic mass is 79.9. The Hall–Kier alpha value is -0.590. The van der Waals surface area contributed by atoms with Crippen LogP contribution in [0.25, 0.3) is 0 Å². The first-order valence-electron chi connectivity index (χ1n) is 5.04. The highest BCUT2D eigenvalue weighted by Gasteiger charge is 2.18. The van der Waals surface area contributed by atoms with Crippen LogP contribution in [0.3, 0.4) is 0 Å². The van der Waals surface area contributed by atoms with E-state index in [9.17, 15) is 4.79 Å². The quantitative estimate of drug-likeness (QED) is 0.839. The van der Waals surface area contributed by atoms with Gasteiger partial charge in [0.15, 0.2) is 0 Å². The molecule has 0 bridgehead atoms. The molecule has 0 spiro atoms. The van der Waals surface area contributed by atoms with Gasteiger partial charge in [0.25, 0.3) is 0 Å².